The van der Waals surface area contributed by atoms with Crippen molar-refractivity contribution in [2.24, 2.45) is 5.10 Å². The number of hydrazone groups is 1. The number of rotatable bonds is 6. The molecule has 0 saturated carbocycles. The molecule has 2 aromatic rings. The first kappa shape index (κ1) is 18.3. The SMILES string of the molecule is Cc1ccccc1CSCC(=O)N/N=C/c1ccc(C)c(C)c1C. The molecule has 0 fully saturated rings. The fourth-order valence-corrected chi connectivity index (χ4v) is 3.24. The van der Waals surface area contributed by atoms with Gasteiger partial charge in [0.1, 0.15) is 0 Å². The maximum Gasteiger partial charge on any atom is 0.250 e. The summed E-state index contributed by atoms with van der Waals surface area (Å²) in [6, 6.07) is 12.3. The topological polar surface area (TPSA) is 41.5 Å². The van der Waals surface area contributed by atoms with Crippen molar-refractivity contribution < 1.29 is 4.79 Å². The highest BCUT2D eigenvalue weighted by Gasteiger charge is 2.04. The van der Waals surface area contributed by atoms with Gasteiger partial charge in [0.25, 0.3) is 0 Å². The molecule has 0 radical (unpaired) electrons. The Bertz CT molecular complexity index is 753. The zero-order chi connectivity index (χ0) is 17.5. The first-order chi connectivity index (χ1) is 11.5. The molecule has 0 aliphatic rings. The molecular formula is C20H24N2OS. The van der Waals surface area contributed by atoms with Crippen molar-refractivity contribution in [3.63, 3.8) is 0 Å². The second-order valence-electron chi connectivity index (χ2n) is 5.93. The Morgan fingerprint density at radius 2 is 1.79 bits per heavy atom. The Morgan fingerprint density at radius 1 is 1.04 bits per heavy atom. The summed E-state index contributed by atoms with van der Waals surface area (Å²) in [5.41, 5.74) is 9.89. The molecule has 24 heavy (non-hydrogen) atoms. The summed E-state index contributed by atoms with van der Waals surface area (Å²) in [5, 5.41) is 4.08. The minimum Gasteiger partial charge on any atom is -0.272 e. The molecule has 0 aliphatic heterocycles. The minimum absolute atomic E-state index is 0.0775. The summed E-state index contributed by atoms with van der Waals surface area (Å²) in [6.45, 7) is 8.36. The van der Waals surface area contributed by atoms with Gasteiger partial charge in [0.15, 0.2) is 0 Å². The number of benzene rings is 2. The van der Waals surface area contributed by atoms with Crippen molar-refractivity contribution in [2.75, 3.05) is 5.75 Å². The van der Waals surface area contributed by atoms with E-state index in [9.17, 15) is 4.79 Å². The fraction of sp³-hybridized carbons (Fsp3) is 0.300. The summed E-state index contributed by atoms with van der Waals surface area (Å²) >= 11 is 1.60. The van der Waals surface area contributed by atoms with Crippen LogP contribution in [0.2, 0.25) is 0 Å². The van der Waals surface area contributed by atoms with Crippen LogP contribution in [-0.4, -0.2) is 17.9 Å². The maximum atomic E-state index is 11.9. The molecule has 1 amide bonds. The highest BCUT2D eigenvalue weighted by molar-refractivity contribution is 7.99. The van der Waals surface area contributed by atoms with Crippen molar-refractivity contribution >= 4 is 23.9 Å². The summed E-state index contributed by atoms with van der Waals surface area (Å²) in [7, 11) is 0. The summed E-state index contributed by atoms with van der Waals surface area (Å²) in [6.07, 6.45) is 1.71. The van der Waals surface area contributed by atoms with Gasteiger partial charge in [-0.1, -0.05) is 36.4 Å². The molecule has 3 nitrogen and oxygen atoms in total. The van der Waals surface area contributed by atoms with Gasteiger partial charge in [-0.3, -0.25) is 4.79 Å². The number of carbonyl (C=O) groups is 1. The molecule has 0 unspecified atom stereocenters. The number of hydrogen-bond acceptors (Lipinski definition) is 3. The maximum absolute atomic E-state index is 11.9. The monoisotopic (exact) mass is 340 g/mol. The number of amides is 1. The van der Waals surface area contributed by atoms with Crippen LogP contribution in [0.5, 0.6) is 0 Å². The van der Waals surface area contributed by atoms with E-state index >= 15 is 0 Å². The van der Waals surface area contributed by atoms with Gasteiger partial charge in [0.05, 0.1) is 12.0 Å². The van der Waals surface area contributed by atoms with E-state index in [1.807, 2.05) is 18.2 Å². The number of carbonyl (C=O) groups excluding carboxylic acids is 1. The molecule has 0 atom stereocenters. The van der Waals surface area contributed by atoms with E-state index in [0.717, 1.165) is 11.3 Å². The van der Waals surface area contributed by atoms with Gasteiger partial charge in [0.2, 0.25) is 5.91 Å². The predicted octanol–water partition coefficient (Wildman–Crippen LogP) is 4.30. The van der Waals surface area contributed by atoms with Crippen molar-refractivity contribution in [1.29, 1.82) is 0 Å². The number of thioether (sulfide) groups is 1. The first-order valence-electron chi connectivity index (χ1n) is 8.00. The Labute approximate surface area is 148 Å². The molecule has 0 saturated heterocycles. The van der Waals surface area contributed by atoms with Gasteiger partial charge < -0.3 is 0 Å². The van der Waals surface area contributed by atoms with Crippen molar-refractivity contribution in [3.05, 3.63) is 69.8 Å². The van der Waals surface area contributed by atoms with E-state index in [-0.39, 0.29) is 5.91 Å². The molecule has 4 heteroatoms. The number of aryl methyl sites for hydroxylation is 2. The first-order valence-corrected chi connectivity index (χ1v) is 9.15. The third kappa shape index (κ3) is 4.96. The van der Waals surface area contributed by atoms with Gasteiger partial charge in [-0.25, -0.2) is 5.43 Å². The second-order valence-corrected chi connectivity index (χ2v) is 6.92. The van der Waals surface area contributed by atoms with Crippen LogP contribution in [0, 0.1) is 27.7 Å². The van der Waals surface area contributed by atoms with E-state index in [1.165, 1.54) is 27.8 Å². The van der Waals surface area contributed by atoms with Gasteiger partial charge in [-0.05, 0) is 61.1 Å². The molecule has 2 rings (SSSR count). The van der Waals surface area contributed by atoms with E-state index < -0.39 is 0 Å². The van der Waals surface area contributed by atoms with E-state index in [0.29, 0.717) is 5.75 Å². The quantitative estimate of drug-likeness (QED) is 0.629. The van der Waals surface area contributed by atoms with Crippen molar-refractivity contribution in [3.8, 4) is 0 Å². The standard InChI is InChI=1S/C20H24N2OS/c1-14-9-10-18(17(4)16(14)3)11-21-22-20(23)13-24-12-19-8-6-5-7-15(19)2/h5-11H,12-13H2,1-4H3,(H,22,23)/b21-11+. The molecule has 1 N–H and O–H groups in total. The van der Waals surface area contributed by atoms with E-state index in [1.54, 1.807) is 18.0 Å². The number of nitrogens with zero attached hydrogens (tertiary/aromatic N) is 1. The lowest BCUT2D eigenvalue weighted by Gasteiger charge is -2.07. The average molecular weight is 340 g/mol. The van der Waals surface area contributed by atoms with Gasteiger partial charge in [-0.2, -0.15) is 5.10 Å². The minimum atomic E-state index is -0.0775. The van der Waals surface area contributed by atoms with E-state index in [4.69, 9.17) is 0 Å². The Morgan fingerprint density at radius 3 is 2.54 bits per heavy atom. The Kier molecular flexibility index (Phi) is 6.62. The zero-order valence-electron chi connectivity index (χ0n) is 14.7. The molecule has 0 heterocycles. The second kappa shape index (κ2) is 8.69. The van der Waals surface area contributed by atoms with Crippen LogP contribution in [-0.2, 0) is 10.5 Å². The van der Waals surface area contributed by atoms with Crippen LogP contribution >= 0.6 is 11.8 Å². The van der Waals surface area contributed by atoms with E-state index in [2.05, 4.69) is 56.4 Å². The highest BCUT2D eigenvalue weighted by atomic mass is 32.2. The molecule has 126 valence electrons. The average Bonchev–Trinajstić information content (AvgIpc) is 2.56. The van der Waals surface area contributed by atoms with Crippen molar-refractivity contribution in [2.45, 2.75) is 33.4 Å². The zero-order valence-corrected chi connectivity index (χ0v) is 15.5. The molecule has 0 spiro atoms. The molecule has 0 aromatic heterocycles. The van der Waals surface area contributed by atoms with Gasteiger partial charge in [0, 0.05) is 5.75 Å². The van der Waals surface area contributed by atoms with Crippen molar-refractivity contribution in [1.82, 2.24) is 5.43 Å². The van der Waals surface area contributed by atoms with Crippen LogP contribution in [0.1, 0.15) is 33.4 Å². The lowest BCUT2D eigenvalue weighted by molar-refractivity contribution is -0.118. The van der Waals surface area contributed by atoms with Gasteiger partial charge >= 0.3 is 0 Å². The molecule has 0 aliphatic carbocycles. The third-order valence-electron chi connectivity index (χ3n) is 4.24. The molecular weight excluding hydrogens is 316 g/mol. The van der Waals surface area contributed by atoms with Crippen LogP contribution < -0.4 is 5.43 Å². The Balaban J connectivity index is 1.81. The fourth-order valence-electron chi connectivity index (χ4n) is 2.35. The molecule has 0 bridgehead atoms. The van der Waals surface area contributed by atoms with Crippen LogP contribution in [0.25, 0.3) is 0 Å². The Hall–Kier alpha value is -2.07. The number of hydrogen-bond donors (Lipinski definition) is 1. The normalized spacial score (nSPS) is 11.0. The highest BCUT2D eigenvalue weighted by Crippen LogP contribution is 2.16. The lowest BCUT2D eigenvalue weighted by Crippen LogP contribution is -2.19. The number of nitrogens with one attached hydrogen (secondary N) is 1. The van der Waals surface area contributed by atoms with Crippen LogP contribution in [0.4, 0.5) is 0 Å². The van der Waals surface area contributed by atoms with Crippen LogP contribution in [0.3, 0.4) is 0 Å². The smallest absolute Gasteiger partial charge is 0.250 e. The van der Waals surface area contributed by atoms with Gasteiger partial charge in [-0.15, -0.1) is 11.8 Å². The summed E-state index contributed by atoms with van der Waals surface area (Å²) in [4.78, 5) is 11.9. The predicted molar refractivity (Wildman–Crippen MR) is 104 cm³/mol. The van der Waals surface area contributed by atoms with Crippen LogP contribution in [0.15, 0.2) is 41.5 Å². The lowest BCUT2D eigenvalue weighted by atomic mass is 10.00. The summed E-state index contributed by atoms with van der Waals surface area (Å²) < 4.78 is 0. The third-order valence-corrected chi connectivity index (χ3v) is 5.23. The largest absolute Gasteiger partial charge is 0.272 e. The summed E-state index contributed by atoms with van der Waals surface area (Å²) in [5.74, 6) is 1.16. The molecule has 2 aromatic carbocycles.